The third-order valence-electron chi connectivity index (χ3n) is 2.21. The normalized spacial score (nSPS) is 21.8. The fourth-order valence-electron chi connectivity index (χ4n) is 1.60. The average Bonchev–Trinajstić information content (AvgIpc) is 2.45. The van der Waals surface area contributed by atoms with E-state index >= 15 is 0 Å². The van der Waals surface area contributed by atoms with Crippen LogP contribution in [0, 0.1) is 0 Å². The molecule has 1 aliphatic heterocycles. The number of ether oxygens (including phenoxy) is 1. The molecule has 0 aromatic carbocycles. The summed E-state index contributed by atoms with van der Waals surface area (Å²) >= 11 is 0. The summed E-state index contributed by atoms with van der Waals surface area (Å²) in [5.41, 5.74) is -0.632. The molecule has 7 heteroatoms. The number of rotatable bonds is 1. The quantitative estimate of drug-likeness (QED) is 0.729. The lowest BCUT2D eigenvalue weighted by atomic mass is 10.2. The van der Waals surface area contributed by atoms with Gasteiger partial charge in [-0.1, -0.05) is 0 Å². The first-order valence-corrected chi connectivity index (χ1v) is 5.39. The Morgan fingerprint density at radius 1 is 1.35 bits per heavy atom. The van der Waals surface area contributed by atoms with Gasteiger partial charge in [0, 0.05) is 19.1 Å². The first-order chi connectivity index (χ1) is 7.57. The van der Waals surface area contributed by atoms with E-state index in [4.69, 9.17) is 4.74 Å². The number of alkyl halides is 3. The van der Waals surface area contributed by atoms with Crippen LogP contribution in [0.15, 0.2) is 0 Å². The molecule has 1 aliphatic rings. The molecule has 4 nitrogen and oxygen atoms in total. The maximum Gasteiger partial charge on any atom is 0.457 e. The summed E-state index contributed by atoms with van der Waals surface area (Å²) in [6.07, 6.45) is -4.70. The molecule has 0 radical (unpaired) electrons. The predicted octanol–water partition coefficient (Wildman–Crippen LogP) is 2.11. The minimum Gasteiger partial charge on any atom is -0.444 e. The second kappa shape index (κ2) is 4.72. The molecule has 1 atom stereocenters. The van der Waals surface area contributed by atoms with E-state index in [1.165, 1.54) is 10.2 Å². The van der Waals surface area contributed by atoms with Gasteiger partial charge in [-0.3, -0.25) is 0 Å². The monoisotopic (exact) mass is 254 g/mol. The van der Waals surface area contributed by atoms with Crippen LogP contribution in [0.3, 0.4) is 0 Å². The summed E-state index contributed by atoms with van der Waals surface area (Å²) in [5.74, 6) is 0. The summed E-state index contributed by atoms with van der Waals surface area (Å²) in [7, 11) is 0. The molecule has 1 unspecified atom stereocenters. The van der Waals surface area contributed by atoms with Crippen LogP contribution in [0.5, 0.6) is 0 Å². The summed E-state index contributed by atoms with van der Waals surface area (Å²) in [6, 6.07) is -0.748. The molecule has 0 saturated carbocycles. The van der Waals surface area contributed by atoms with Crippen LogP contribution in [-0.2, 0) is 4.74 Å². The van der Waals surface area contributed by atoms with E-state index in [1.807, 2.05) is 0 Å². The lowest BCUT2D eigenvalue weighted by Crippen LogP contribution is -2.43. The van der Waals surface area contributed by atoms with Crippen molar-refractivity contribution in [3.05, 3.63) is 0 Å². The summed E-state index contributed by atoms with van der Waals surface area (Å²) in [6.45, 7) is 5.45. The van der Waals surface area contributed by atoms with Gasteiger partial charge >= 0.3 is 12.4 Å². The molecular weight excluding hydrogens is 237 g/mol. The number of nitrogens with one attached hydrogen (secondary N) is 1. The predicted molar refractivity (Wildman–Crippen MR) is 55.4 cm³/mol. The second-order valence-corrected chi connectivity index (χ2v) is 5.05. The summed E-state index contributed by atoms with van der Waals surface area (Å²) in [5, 5.41) is 1.52. The van der Waals surface area contributed by atoms with Gasteiger partial charge in [0.25, 0.3) is 0 Å². The Labute approximate surface area is 98.1 Å². The van der Waals surface area contributed by atoms with Crippen molar-refractivity contribution in [2.45, 2.75) is 45.1 Å². The van der Waals surface area contributed by atoms with Crippen molar-refractivity contribution in [2.24, 2.45) is 0 Å². The summed E-state index contributed by atoms with van der Waals surface area (Å²) < 4.78 is 41.3. The smallest absolute Gasteiger partial charge is 0.444 e. The van der Waals surface area contributed by atoms with E-state index in [1.54, 1.807) is 20.8 Å². The molecular formula is C10H17F3N2O2. The van der Waals surface area contributed by atoms with E-state index in [9.17, 15) is 18.0 Å². The van der Waals surface area contributed by atoms with Gasteiger partial charge in [0.15, 0.2) is 0 Å². The van der Waals surface area contributed by atoms with Crippen LogP contribution in [0.4, 0.5) is 18.0 Å². The number of nitrogens with zero attached hydrogens (tertiary/aromatic N) is 1. The minimum absolute atomic E-state index is 0.0222. The van der Waals surface area contributed by atoms with Crippen molar-refractivity contribution in [3.63, 3.8) is 0 Å². The molecule has 0 aromatic heterocycles. The van der Waals surface area contributed by atoms with E-state index in [0.29, 0.717) is 0 Å². The standard InChI is InChI=1S/C10H17F3N2O2/c1-9(2,3)17-8(16)15-5-4-7(6-15)14-10(11,12)13/h7,14H,4-6H2,1-3H3. The van der Waals surface area contributed by atoms with Gasteiger partial charge < -0.3 is 9.64 Å². The molecule has 1 N–H and O–H groups in total. The number of hydrogen-bond acceptors (Lipinski definition) is 3. The molecule has 100 valence electrons. The Morgan fingerprint density at radius 2 is 1.94 bits per heavy atom. The highest BCUT2D eigenvalue weighted by molar-refractivity contribution is 5.68. The van der Waals surface area contributed by atoms with Gasteiger partial charge in [0.05, 0.1) is 0 Å². The Morgan fingerprint density at radius 3 is 2.41 bits per heavy atom. The number of halogens is 3. The summed E-state index contributed by atoms with van der Waals surface area (Å²) in [4.78, 5) is 12.9. The van der Waals surface area contributed by atoms with Crippen LogP contribution < -0.4 is 5.32 Å². The number of likely N-dealkylation sites (tertiary alicyclic amines) is 1. The van der Waals surface area contributed by atoms with Gasteiger partial charge in [0.1, 0.15) is 5.60 Å². The molecule has 0 bridgehead atoms. The molecule has 0 aliphatic carbocycles. The van der Waals surface area contributed by atoms with Gasteiger partial charge in [-0.15, -0.1) is 0 Å². The molecule has 1 rings (SSSR count). The fraction of sp³-hybridized carbons (Fsp3) is 0.900. The van der Waals surface area contributed by atoms with Crippen molar-refractivity contribution >= 4 is 6.09 Å². The van der Waals surface area contributed by atoms with Crippen molar-refractivity contribution in [2.75, 3.05) is 13.1 Å². The van der Waals surface area contributed by atoms with Gasteiger partial charge in [-0.2, -0.15) is 13.2 Å². The van der Waals surface area contributed by atoms with Gasteiger partial charge in [-0.05, 0) is 27.2 Å². The lowest BCUT2D eigenvalue weighted by molar-refractivity contribution is -0.163. The van der Waals surface area contributed by atoms with Crippen molar-refractivity contribution < 1.29 is 22.7 Å². The number of hydrogen-bond donors (Lipinski definition) is 1. The maximum absolute atomic E-state index is 12.1. The van der Waals surface area contributed by atoms with Crippen molar-refractivity contribution in [1.29, 1.82) is 0 Å². The fourth-order valence-corrected chi connectivity index (χ4v) is 1.60. The highest BCUT2D eigenvalue weighted by atomic mass is 19.4. The van der Waals surface area contributed by atoms with Crippen molar-refractivity contribution in [3.8, 4) is 0 Å². The maximum atomic E-state index is 12.1. The van der Waals surface area contributed by atoms with Gasteiger partial charge in [-0.25, -0.2) is 10.1 Å². The first-order valence-electron chi connectivity index (χ1n) is 5.39. The SMILES string of the molecule is CC(C)(C)OC(=O)N1CCC(NC(F)(F)F)C1. The Balaban J connectivity index is 2.43. The van der Waals surface area contributed by atoms with Crippen LogP contribution >= 0.6 is 0 Å². The topological polar surface area (TPSA) is 41.6 Å². The largest absolute Gasteiger partial charge is 0.457 e. The first kappa shape index (κ1) is 14.1. The Bertz CT molecular complexity index is 286. The number of carbonyl (C=O) groups is 1. The highest BCUT2D eigenvalue weighted by Crippen LogP contribution is 2.19. The number of carbonyl (C=O) groups excluding carboxylic acids is 1. The molecule has 17 heavy (non-hydrogen) atoms. The number of amides is 1. The van der Waals surface area contributed by atoms with E-state index in [0.717, 1.165) is 0 Å². The Kier molecular flexibility index (Phi) is 3.91. The second-order valence-electron chi connectivity index (χ2n) is 5.05. The Hall–Kier alpha value is -0.980. The van der Waals surface area contributed by atoms with Crippen LogP contribution in [0.2, 0.25) is 0 Å². The van der Waals surface area contributed by atoms with E-state index < -0.39 is 24.0 Å². The lowest BCUT2D eigenvalue weighted by Gasteiger charge is -2.24. The van der Waals surface area contributed by atoms with Gasteiger partial charge in [0.2, 0.25) is 0 Å². The highest BCUT2D eigenvalue weighted by Gasteiger charge is 2.36. The third-order valence-corrected chi connectivity index (χ3v) is 2.21. The third kappa shape index (κ3) is 5.25. The zero-order valence-corrected chi connectivity index (χ0v) is 10.1. The molecule has 1 amide bonds. The van der Waals surface area contributed by atoms with Crippen LogP contribution in [0.1, 0.15) is 27.2 Å². The van der Waals surface area contributed by atoms with Crippen LogP contribution in [0.25, 0.3) is 0 Å². The zero-order valence-electron chi connectivity index (χ0n) is 10.1. The molecule has 1 heterocycles. The molecule has 0 aromatic rings. The molecule has 1 saturated heterocycles. The average molecular weight is 254 g/mol. The van der Waals surface area contributed by atoms with E-state index in [-0.39, 0.29) is 19.5 Å². The minimum atomic E-state index is -4.41. The molecule has 1 fully saturated rings. The zero-order chi connectivity index (χ0) is 13.3. The molecule has 0 spiro atoms. The van der Waals surface area contributed by atoms with Crippen molar-refractivity contribution in [1.82, 2.24) is 10.2 Å². The van der Waals surface area contributed by atoms with E-state index in [2.05, 4.69) is 0 Å². The van der Waals surface area contributed by atoms with Crippen LogP contribution in [-0.4, -0.2) is 42.0 Å².